The minimum Gasteiger partial charge on any atom is -0.352 e. The Morgan fingerprint density at radius 1 is 1.56 bits per heavy atom. The van der Waals surface area contributed by atoms with Crippen molar-refractivity contribution in [2.45, 2.75) is 6.42 Å². The molecule has 0 saturated heterocycles. The number of aromatic nitrogens is 4. The van der Waals surface area contributed by atoms with Gasteiger partial charge in [-0.05, 0) is 6.07 Å². The Kier molecular flexibility index (Phi) is 3.88. The average molecular weight is 266 g/mol. The van der Waals surface area contributed by atoms with E-state index in [0.717, 1.165) is 5.82 Å². The van der Waals surface area contributed by atoms with Crippen molar-refractivity contribution in [2.24, 2.45) is 7.05 Å². The lowest BCUT2D eigenvalue weighted by atomic mass is 10.2. The maximum atomic E-state index is 11.8. The third kappa shape index (κ3) is 2.84. The first-order valence-corrected chi connectivity index (χ1v) is 5.77. The monoisotopic (exact) mass is 265 g/mol. The fourth-order valence-electron chi connectivity index (χ4n) is 1.49. The molecule has 2 heterocycles. The maximum absolute atomic E-state index is 11.8. The van der Waals surface area contributed by atoms with Gasteiger partial charge in [0, 0.05) is 32.4 Å². The molecule has 0 fully saturated rings. The Labute approximate surface area is 109 Å². The summed E-state index contributed by atoms with van der Waals surface area (Å²) in [6.07, 6.45) is 5.07. The highest BCUT2D eigenvalue weighted by molar-refractivity contribution is 6.33. The smallest absolute Gasteiger partial charge is 0.252 e. The van der Waals surface area contributed by atoms with Gasteiger partial charge in [-0.1, -0.05) is 11.6 Å². The molecule has 2 aromatic heterocycles. The summed E-state index contributed by atoms with van der Waals surface area (Å²) in [5, 5.41) is 7.06. The summed E-state index contributed by atoms with van der Waals surface area (Å²) in [5.74, 6) is 0.598. The second-order valence-electron chi connectivity index (χ2n) is 3.66. The number of carbonyl (C=O) groups excluding carboxylic acids is 1. The van der Waals surface area contributed by atoms with E-state index in [-0.39, 0.29) is 5.91 Å². The minimum atomic E-state index is -0.218. The molecule has 0 bridgehead atoms. The molecule has 0 aromatic carbocycles. The van der Waals surface area contributed by atoms with Gasteiger partial charge >= 0.3 is 0 Å². The Morgan fingerprint density at radius 3 is 3.06 bits per heavy atom. The summed E-state index contributed by atoms with van der Waals surface area (Å²) in [4.78, 5) is 19.7. The summed E-state index contributed by atoms with van der Waals surface area (Å²) in [6.45, 7) is 0.476. The third-order valence-electron chi connectivity index (χ3n) is 2.46. The number of hydrogen-bond donors (Lipinski definition) is 1. The second-order valence-corrected chi connectivity index (χ2v) is 4.07. The van der Waals surface area contributed by atoms with E-state index in [1.54, 1.807) is 10.7 Å². The van der Waals surface area contributed by atoms with Crippen molar-refractivity contribution >= 4 is 17.5 Å². The summed E-state index contributed by atoms with van der Waals surface area (Å²) in [5.41, 5.74) is 0.421. The Balaban J connectivity index is 1.90. The van der Waals surface area contributed by atoms with Gasteiger partial charge in [0.2, 0.25) is 0 Å². The van der Waals surface area contributed by atoms with Crippen LogP contribution in [0.25, 0.3) is 0 Å². The van der Waals surface area contributed by atoms with Gasteiger partial charge in [-0.25, -0.2) is 4.98 Å². The molecule has 18 heavy (non-hydrogen) atoms. The summed E-state index contributed by atoms with van der Waals surface area (Å²) >= 11 is 5.87. The molecule has 0 unspecified atom stereocenters. The molecular formula is C11H12ClN5O. The van der Waals surface area contributed by atoms with Crippen molar-refractivity contribution < 1.29 is 4.79 Å². The van der Waals surface area contributed by atoms with E-state index in [0.29, 0.717) is 23.6 Å². The zero-order valence-electron chi connectivity index (χ0n) is 9.80. The Morgan fingerprint density at radius 2 is 2.39 bits per heavy atom. The van der Waals surface area contributed by atoms with E-state index in [4.69, 9.17) is 11.6 Å². The van der Waals surface area contributed by atoms with Gasteiger partial charge in [-0.3, -0.25) is 14.5 Å². The highest BCUT2D eigenvalue weighted by Crippen LogP contribution is 2.12. The van der Waals surface area contributed by atoms with Gasteiger partial charge in [-0.2, -0.15) is 5.10 Å². The van der Waals surface area contributed by atoms with Crippen molar-refractivity contribution in [3.8, 4) is 0 Å². The SMILES string of the molecule is Cn1ncnc1CCNC(=O)c1ccncc1Cl. The molecule has 2 rings (SSSR count). The molecule has 6 nitrogen and oxygen atoms in total. The van der Waals surface area contributed by atoms with E-state index in [2.05, 4.69) is 20.4 Å². The summed E-state index contributed by atoms with van der Waals surface area (Å²) in [6, 6.07) is 1.58. The number of rotatable bonds is 4. The second kappa shape index (κ2) is 5.59. The normalized spacial score (nSPS) is 10.3. The van der Waals surface area contributed by atoms with E-state index >= 15 is 0 Å². The third-order valence-corrected chi connectivity index (χ3v) is 2.76. The molecule has 0 aliphatic rings. The number of nitrogens with one attached hydrogen (secondary N) is 1. The lowest BCUT2D eigenvalue weighted by Gasteiger charge is -2.05. The molecule has 0 aliphatic carbocycles. The van der Waals surface area contributed by atoms with Gasteiger partial charge in [0.15, 0.2) is 0 Å². The zero-order chi connectivity index (χ0) is 13.0. The van der Waals surface area contributed by atoms with Crippen LogP contribution in [0.1, 0.15) is 16.2 Å². The van der Waals surface area contributed by atoms with E-state index in [1.165, 1.54) is 18.7 Å². The molecule has 0 spiro atoms. The van der Waals surface area contributed by atoms with Gasteiger partial charge in [0.1, 0.15) is 12.2 Å². The quantitative estimate of drug-likeness (QED) is 0.889. The predicted molar refractivity (Wildman–Crippen MR) is 66.3 cm³/mol. The molecule has 0 saturated carbocycles. The van der Waals surface area contributed by atoms with Crippen LogP contribution in [0.15, 0.2) is 24.8 Å². The lowest BCUT2D eigenvalue weighted by Crippen LogP contribution is -2.26. The Hall–Kier alpha value is -1.95. The van der Waals surface area contributed by atoms with Crippen LogP contribution in [0.3, 0.4) is 0 Å². The van der Waals surface area contributed by atoms with Crippen molar-refractivity contribution in [2.75, 3.05) is 6.54 Å². The molecule has 2 aromatic rings. The number of carbonyl (C=O) groups is 1. The van der Waals surface area contributed by atoms with Crippen molar-refractivity contribution in [3.63, 3.8) is 0 Å². The number of halogens is 1. The number of aryl methyl sites for hydroxylation is 1. The molecule has 0 aliphatic heterocycles. The molecule has 0 radical (unpaired) electrons. The van der Waals surface area contributed by atoms with Gasteiger partial charge in [-0.15, -0.1) is 0 Å². The molecule has 1 amide bonds. The van der Waals surface area contributed by atoms with Crippen LogP contribution < -0.4 is 5.32 Å². The van der Waals surface area contributed by atoms with Crippen LogP contribution in [0.2, 0.25) is 5.02 Å². The largest absolute Gasteiger partial charge is 0.352 e. The summed E-state index contributed by atoms with van der Waals surface area (Å²) in [7, 11) is 1.81. The first-order valence-electron chi connectivity index (χ1n) is 5.39. The standard InChI is InChI=1S/C11H12ClN5O/c1-17-10(15-7-16-17)3-5-14-11(18)8-2-4-13-6-9(8)12/h2,4,6-7H,3,5H2,1H3,(H,14,18). The van der Waals surface area contributed by atoms with E-state index in [1.807, 2.05) is 7.05 Å². The first-order chi connectivity index (χ1) is 8.68. The number of pyridine rings is 1. The van der Waals surface area contributed by atoms with Crippen LogP contribution >= 0.6 is 11.6 Å². The molecule has 0 atom stereocenters. The lowest BCUT2D eigenvalue weighted by molar-refractivity contribution is 0.0954. The zero-order valence-corrected chi connectivity index (χ0v) is 10.6. The van der Waals surface area contributed by atoms with E-state index < -0.39 is 0 Å². The summed E-state index contributed by atoms with van der Waals surface area (Å²) < 4.78 is 1.67. The van der Waals surface area contributed by atoms with E-state index in [9.17, 15) is 4.79 Å². The van der Waals surface area contributed by atoms with Gasteiger partial charge < -0.3 is 5.32 Å². The molecule has 94 valence electrons. The number of hydrogen-bond acceptors (Lipinski definition) is 4. The molecule has 7 heteroatoms. The number of nitrogens with zero attached hydrogens (tertiary/aromatic N) is 4. The molecule has 1 N–H and O–H groups in total. The van der Waals surface area contributed by atoms with Crippen molar-refractivity contribution in [1.82, 2.24) is 25.1 Å². The average Bonchev–Trinajstić information content (AvgIpc) is 2.75. The maximum Gasteiger partial charge on any atom is 0.252 e. The van der Waals surface area contributed by atoms with Crippen molar-refractivity contribution in [3.05, 3.63) is 41.2 Å². The number of amides is 1. The Bertz CT molecular complexity index is 554. The highest BCUT2D eigenvalue weighted by Gasteiger charge is 2.09. The van der Waals surface area contributed by atoms with Crippen LogP contribution in [0.5, 0.6) is 0 Å². The minimum absolute atomic E-state index is 0.218. The van der Waals surface area contributed by atoms with Crippen molar-refractivity contribution in [1.29, 1.82) is 0 Å². The van der Waals surface area contributed by atoms with Crippen LogP contribution in [0.4, 0.5) is 0 Å². The fraction of sp³-hybridized carbons (Fsp3) is 0.273. The topological polar surface area (TPSA) is 72.7 Å². The highest BCUT2D eigenvalue weighted by atomic mass is 35.5. The van der Waals surface area contributed by atoms with Crippen LogP contribution in [-0.2, 0) is 13.5 Å². The first kappa shape index (κ1) is 12.5. The van der Waals surface area contributed by atoms with Crippen LogP contribution in [0, 0.1) is 0 Å². The molecular weight excluding hydrogens is 254 g/mol. The van der Waals surface area contributed by atoms with Gasteiger partial charge in [0.05, 0.1) is 10.6 Å². The predicted octanol–water partition coefficient (Wildman–Crippen LogP) is 0.836. The van der Waals surface area contributed by atoms with Crippen LogP contribution in [-0.4, -0.2) is 32.2 Å². The fourth-order valence-corrected chi connectivity index (χ4v) is 1.69. The van der Waals surface area contributed by atoms with Gasteiger partial charge in [0.25, 0.3) is 5.91 Å².